The first-order valence-electron chi connectivity index (χ1n) is 7.26. The minimum Gasteiger partial charge on any atom is -0.377 e. The molecule has 1 aromatic rings. The Labute approximate surface area is 112 Å². The molecular weight excluding hydrogens is 243 g/mol. The summed E-state index contributed by atoms with van der Waals surface area (Å²) in [5.74, 6) is 0.420. The van der Waals surface area contributed by atoms with Gasteiger partial charge in [-0.25, -0.2) is 4.39 Å². The van der Waals surface area contributed by atoms with Gasteiger partial charge in [-0.05, 0) is 31.4 Å². The number of nitrogens with zero attached hydrogens (tertiary/aromatic N) is 1. The Morgan fingerprint density at radius 1 is 1.47 bits per heavy atom. The van der Waals surface area contributed by atoms with Crippen LogP contribution >= 0.6 is 0 Å². The van der Waals surface area contributed by atoms with Crippen LogP contribution in [0.5, 0.6) is 0 Å². The van der Waals surface area contributed by atoms with E-state index in [4.69, 9.17) is 4.74 Å². The number of hydrogen-bond donors (Lipinski definition) is 1. The number of halogens is 1. The van der Waals surface area contributed by atoms with Crippen molar-refractivity contribution < 1.29 is 9.13 Å². The molecule has 3 fully saturated rings. The summed E-state index contributed by atoms with van der Waals surface area (Å²) in [7, 11) is 0. The van der Waals surface area contributed by atoms with Gasteiger partial charge in [0, 0.05) is 36.7 Å². The number of fused-ring (bicyclic) bond motifs is 2. The Morgan fingerprint density at radius 2 is 2.37 bits per heavy atom. The SMILES string of the molecule is Fc1cccnc1CN[C@@H]1[C@@H]2CCO[C@@H]2C12CCC2. The molecule has 3 aliphatic rings. The van der Waals surface area contributed by atoms with Crippen molar-refractivity contribution in [1.82, 2.24) is 10.3 Å². The van der Waals surface area contributed by atoms with Crippen LogP contribution in [0, 0.1) is 17.2 Å². The summed E-state index contributed by atoms with van der Waals surface area (Å²) in [4.78, 5) is 4.12. The number of pyridine rings is 1. The highest BCUT2D eigenvalue weighted by molar-refractivity contribution is 5.19. The van der Waals surface area contributed by atoms with Gasteiger partial charge in [0.15, 0.2) is 0 Å². The Balaban J connectivity index is 1.47. The average molecular weight is 262 g/mol. The third kappa shape index (κ3) is 1.59. The maximum atomic E-state index is 13.6. The number of hydrogen-bond acceptors (Lipinski definition) is 3. The van der Waals surface area contributed by atoms with Crippen molar-refractivity contribution in [3.8, 4) is 0 Å². The van der Waals surface area contributed by atoms with Crippen LogP contribution in [0.25, 0.3) is 0 Å². The van der Waals surface area contributed by atoms with E-state index in [0.717, 1.165) is 13.0 Å². The first-order valence-corrected chi connectivity index (χ1v) is 7.26. The summed E-state index contributed by atoms with van der Waals surface area (Å²) in [6.07, 6.45) is 7.10. The average Bonchev–Trinajstić information content (AvgIpc) is 2.75. The Bertz CT molecular complexity index is 489. The van der Waals surface area contributed by atoms with Gasteiger partial charge in [-0.3, -0.25) is 4.98 Å². The Kier molecular flexibility index (Phi) is 2.64. The molecule has 3 nitrogen and oxygen atoms in total. The topological polar surface area (TPSA) is 34.2 Å². The first-order chi connectivity index (χ1) is 9.31. The predicted octanol–water partition coefficient (Wildman–Crippen LogP) is 2.27. The van der Waals surface area contributed by atoms with Crippen LogP contribution in [0.2, 0.25) is 0 Å². The van der Waals surface area contributed by atoms with Crippen molar-refractivity contribution in [2.45, 2.75) is 44.4 Å². The maximum Gasteiger partial charge on any atom is 0.146 e. The minimum atomic E-state index is -0.212. The van der Waals surface area contributed by atoms with Crippen LogP contribution in [0.4, 0.5) is 4.39 Å². The largest absolute Gasteiger partial charge is 0.377 e. The second-order valence-corrected chi connectivity index (χ2v) is 6.12. The Hall–Kier alpha value is -1.00. The summed E-state index contributed by atoms with van der Waals surface area (Å²) in [5.41, 5.74) is 0.881. The van der Waals surface area contributed by atoms with Crippen LogP contribution in [-0.4, -0.2) is 23.7 Å². The van der Waals surface area contributed by atoms with E-state index in [1.54, 1.807) is 12.3 Å². The summed E-state index contributed by atoms with van der Waals surface area (Å²) in [6, 6.07) is 3.61. The molecule has 0 bridgehead atoms. The van der Waals surface area contributed by atoms with Crippen molar-refractivity contribution >= 4 is 0 Å². The van der Waals surface area contributed by atoms with Gasteiger partial charge >= 0.3 is 0 Å². The summed E-state index contributed by atoms with van der Waals surface area (Å²) < 4.78 is 19.5. The minimum absolute atomic E-state index is 0.212. The zero-order chi connectivity index (χ0) is 12.9. The van der Waals surface area contributed by atoms with Crippen molar-refractivity contribution in [3.63, 3.8) is 0 Å². The summed E-state index contributed by atoms with van der Waals surface area (Å²) >= 11 is 0. The molecule has 1 N–H and O–H groups in total. The molecule has 2 saturated carbocycles. The van der Waals surface area contributed by atoms with Gasteiger partial charge in [-0.1, -0.05) is 6.42 Å². The lowest BCUT2D eigenvalue weighted by molar-refractivity contribution is -0.176. The zero-order valence-electron chi connectivity index (χ0n) is 10.9. The van der Waals surface area contributed by atoms with E-state index in [-0.39, 0.29) is 5.82 Å². The number of aromatic nitrogens is 1. The van der Waals surface area contributed by atoms with E-state index in [2.05, 4.69) is 10.3 Å². The quantitative estimate of drug-likeness (QED) is 0.907. The molecule has 19 heavy (non-hydrogen) atoms. The van der Waals surface area contributed by atoms with Gasteiger partial charge in [-0.15, -0.1) is 0 Å². The first kappa shape index (κ1) is 11.8. The van der Waals surface area contributed by atoms with Gasteiger partial charge in [0.2, 0.25) is 0 Å². The van der Waals surface area contributed by atoms with E-state index >= 15 is 0 Å². The molecule has 0 aromatic carbocycles. The van der Waals surface area contributed by atoms with Crippen molar-refractivity contribution in [1.29, 1.82) is 0 Å². The molecule has 3 atom stereocenters. The third-order valence-corrected chi connectivity index (χ3v) is 5.36. The lowest BCUT2D eigenvalue weighted by atomic mass is 9.46. The molecule has 1 aromatic heterocycles. The van der Waals surface area contributed by atoms with Crippen molar-refractivity contribution in [2.24, 2.45) is 11.3 Å². The Morgan fingerprint density at radius 3 is 3.11 bits per heavy atom. The predicted molar refractivity (Wildman–Crippen MR) is 69.0 cm³/mol. The van der Waals surface area contributed by atoms with Crippen LogP contribution in [0.15, 0.2) is 18.3 Å². The molecule has 0 amide bonds. The van der Waals surface area contributed by atoms with Gasteiger partial charge < -0.3 is 10.1 Å². The van der Waals surface area contributed by atoms with E-state index in [0.29, 0.717) is 35.7 Å². The molecule has 1 saturated heterocycles. The van der Waals surface area contributed by atoms with Gasteiger partial charge in [0.05, 0.1) is 11.8 Å². The smallest absolute Gasteiger partial charge is 0.146 e. The fraction of sp³-hybridized carbons (Fsp3) is 0.667. The lowest BCUT2D eigenvalue weighted by Gasteiger charge is -2.63. The summed E-state index contributed by atoms with van der Waals surface area (Å²) in [5, 5.41) is 3.56. The monoisotopic (exact) mass is 262 g/mol. The maximum absolute atomic E-state index is 13.6. The molecule has 2 heterocycles. The lowest BCUT2D eigenvalue weighted by Crippen LogP contribution is -2.70. The summed E-state index contributed by atoms with van der Waals surface area (Å²) in [6.45, 7) is 1.43. The normalized spacial score (nSPS) is 34.7. The van der Waals surface area contributed by atoms with E-state index in [9.17, 15) is 4.39 Å². The molecular formula is C15H19FN2O. The van der Waals surface area contributed by atoms with Crippen molar-refractivity contribution in [3.05, 3.63) is 29.8 Å². The van der Waals surface area contributed by atoms with Crippen LogP contribution in [0.1, 0.15) is 31.4 Å². The number of ether oxygens (including phenoxy) is 1. The molecule has 1 spiro atoms. The van der Waals surface area contributed by atoms with Gasteiger partial charge in [-0.2, -0.15) is 0 Å². The van der Waals surface area contributed by atoms with E-state index < -0.39 is 0 Å². The third-order valence-electron chi connectivity index (χ3n) is 5.36. The van der Waals surface area contributed by atoms with Gasteiger partial charge in [0.25, 0.3) is 0 Å². The molecule has 2 aliphatic carbocycles. The number of nitrogens with one attached hydrogen (secondary N) is 1. The second kappa shape index (κ2) is 4.25. The zero-order valence-corrected chi connectivity index (χ0v) is 10.9. The number of rotatable bonds is 3. The highest BCUT2D eigenvalue weighted by Crippen LogP contribution is 2.62. The standard InChI is InChI=1S/C15H19FN2O/c16-11-3-1-7-17-12(11)9-18-13-10-4-8-19-14(10)15(13)5-2-6-15/h1,3,7,10,13-14,18H,2,4-6,8-9H2/t10-,13+,14-/m0/s1. The highest BCUT2D eigenvalue weighted by Gasteiger charge is 2.66. The fourth-order valence-corrected chi connectivity index (χ4v) is 4.31. The molecule has 0 radical (unpaired) electrons. The highest BCUT2D eigenvalue weighted by atomic mass is 19.1. The second-order valence-electron chi connectivity index (χ2n) is 6.12. The van der Waals surface area contributed by atoms with Crippen molar-refractivity contribution in [2.75, 3.05) is 6.61 Å². The van der Waals surface area contributed by atoms with Crippen LogP contribution in [0.3, 0.4) is 0 Å². The van der Waals surface area contributed by atoms with Crippen LogP contribution in [-0.2, 0) is 11.3 Å². The molecule has 4 rings (SSSR count). The van der Waals surface area contributed by atoms with Crippen LogP contribution < -0.4 is 5.32 Å². The molecule has 4 heteroatoms. The molecule has 102 valence electrons. The fourth-order valence-electron chi connectivity index (χ4n) is 4.31. The van der Waals surface area contributed by atoms with E-state index in [1.165, 1.54) is 25.3 Å². The van der Waals surface area contributed by atoms with E-state index in [1.807, 2.05) is 0 Å². The van der Waals surface area contributed by atoms with Gasteiger partial charge in [0.1, 0.15) is 5.82 Å². The molecule has 1 aliphatic heterocycles. The molecule has 0 unspecified atom stereocenters.